The van der Waals surface area contributed by atoms with Gasteiger partial charge < -0.3 is 21.0 Å². The van der Waals surface area contributed by atoms with Gasteiger partial charge in [0.05, 0.1) is 21.9 Å². The summed E-state index contributed by atoms with van der Waals surface area (Å²) in [5.41, 5.74) is -1.82. The Morgan fingerprint density at radius 3 is 2.00 bits per heavy atom. The van der Waals surface area contributed by atoms with Gasteiger partial charge in [0.1, 0.15) is 5.69 Å². The highest BCUT2D eigenvalue weighted by Gasteiger charge is 2.28. The van der Waals surface area contributed by atoms with Gasteiger partial charge in [-0.1, -0.05) is 12.8 Å². The van der Waals surface area contributed by atoms with Crippen LogP contribution in [0.25, 0.3) is 0 Å². The van der Waals surface area contributed by atoms with Crippen molar-refractivity contribution in [3.05, 3.63) is 37.9 Å². The molecule has 10 nitrogen and oxygen atoms in total. The van der Waals surface area contributed by atoms with Gasteiger partial charge in [0.25, 0.3) is 11.4 Å². The zero-order valence-corrected chi connectivity index (χ0v) is 12.7. The number of benzene rings is 1. The Hall–Kier alpha value is -2.75. The fourth-order valence-electron chi connectivity index (χ4n) is 2.63. The molecule has 1 aromatic rings. The minimum absolute atomic E-state index is 0. The fraction of sp³-hybridized carbons (Fsp3) is 0.462. The molecule has 0 unspecified atom stereocenters. The number of carboxylic acids is 1. The summed E-state index contributed by atoms with van der Waals surface area (Å²) in [4.78, 5) is 33.4. The minimum Gasteiger partial charge on any atom is -0.545 e. The van der Waals surface area contributed by atoms with Crippen LogP contribution in [0.5, 0.6) is 0 Å². The van der Waals surface area contributed by atoms with Crippen LogP contribution in [0.4, 0.5) is 17.1 Å². The summed E-state index contributed by atoms with van der Waals surface area (Å²) in [6.45, 7) is 0.942. The van der Waals surface area contributed by atoms with Crippen molar-refractivity contribution in [2.75, 3.05) is 18.0 Å². The molecule has 0 spiro atoms. The van der Waals surface area contributed by atoms with Crippen LogP contribution in [-0.4, -0.2) is 28.9 Å². The van der Waals surface area contributed by atoms with Crippen molar-refractivity contribution in [3.63, 3.8) is 0 Å². The Morgan fingerprint density at radius 1 is 1.00 bits per heavy atom. The van der Waals surface area contributed by atoms with E-state index in [2.05, 4.69) is 0 Å². The highest BCUT2D eigenvalue weighted by molar-refractivity contribution is 5.97. The largest absolute Gasteiger partial charge is 0.545 e. The number of nitro benzene ring substituents is 2. The number of non-ortho nitro benzene ring substituents is 1. The van der Waals surface area contributed by atoms with Gasteiger partial charge in [0.15, 0.2) is 0 Å². The van der Waals surface area contributed by atoms with Gasteiger partial charge >= 0.3 is 0 Å². The van der Waals surface area contributed by atoms with Crippen molar-refractivity contribution >= 4 is 23.0 Å². The highest BCUT2D eigenvalue weighted by Crippen LogP contribution is 2.37. The number of quaternary nitrogens is 1. The summed E-state index contributed by atoms with van der Waals surface area (Å²) in [5, 5.41) is 33.4. The van der Waals surface area contributed by atoms with Crippen molar-refractivity contribution in [3.8, 4) is 0 Å². The van der Waals surface area contributed by atoms with E-state index < -0.39 is 32.8 Å². The molecule has 2 rings (SSSR count). The second-order valence-electron chi connectivity index (χ2n) is 5.06. The van der Waals surface area contributed by atoms with Gasteiger partial charge in [0.2, 0.25) is 0 Å². The maximum absolute atomic E-state index is 11.3. The third-order valence-electron chi connectivity index (χ3n) is 3.62. The molecule has 1 fully saturated rings. The number of hydrogen-bond donors (Lipinski definition) is 1. The van der Waals surface area contributed by atoms with Crippen molar-refractivity contribution in [1.82, 2.24) is 6.15 Å². The van der Waals surface area contributed by atoms with E-state index in [1.807, 2.05) is 0 Å². The van der Waals surface area contributed by atoms with Crippen LogP contribution in [0.15, 0.2) is 12.1 Å². The number of carbonyl (C=O) groups is 1. The van der Waals surface area contributed by atoms with E-state index in [0.29, 0.717) is 13.1 Å². The first-order valence-electron chi connectivity index (χ1n) is 6.85. The number of nitro groups is 2. The number of rotatable bonds is 4. The fourth-order valence-corrected chi connectivity index (χ4v) is 2.63. The Balaban J connectivity index is 0.00000264. The summed E-state index contributed by atoms with van der Waals surface area (Å²) in [6, 6.07) is 1.62. The second-order valence-corrected chi connectivity index (χ2v) is 5.06. The lowest BCUT2D eigenvalue weighted by Gasteiger charge is -2.25. The number of aromatic carboxylic acids is 1. The molecule has 1 aromatic carbocycles. The number of carbonyl (C=O) groups excluding carboxylic acids is 1. The summed E-state index contributed by atoms with van der Waals surface area (Å²) in [6.07, 6.45) is 3.47. The lowest BCUT2D eigenvalue weighted by molar-refractivity contribution is -0.393. The van der Waals surface area contributed by atoms with E-state index in [1.165, 1.54) is 0 Å². The van der Waals surface area contributed by atoms with E-state index in [0.717, 1.165) is 37.8 Å². The molecular weight excluding hydrogens is 308 g/mol. The van der Waals surface area contributed by atoms with Crippen molar-refractivity contribution in [2.24, 2.45) is 0 Å². The normalized spacial score (nSPS) is 14.5. The summed E-state index contributed by atoms with van der Waals surface area (Å²) >= 11 is 0. The number of carboxylic acid groups (broad SMARTS) is 1. The summed E-state index contributed by atoms with van der Waals surface area (Å²) in [7, 11) is 0. The zero-order chi connectivity index (χ0) is 16.3. The molecule has 0 radical (unpaired) electrons. The van der Waals surface area contributed by atoms with Gasteiger partial charge in [-0.25, -0.2) is 0 Å². The first-order chi connectivity index (χ1) is 10.4. The number of anilines is 1. The molecule has 0 aromatic heterocycles. The van der Waals surface area contributed by atoms with E-state index in [9.17, 15) is 30.1 Å². The molecule has 1 aliphatic heterocycles. The van der Waals surface area contributed by atoms with E-state index >= 15 is 0 Å². The van der Waals surface area contributed by atoms with Crippen LogP contribution in [0.3, 0.4) is 0 Å². The quantitative estimate of drug-likeness (QED) is 0.647. The number of nitrogens with zero attached hydrogens (tertiary/aromatic N) is 3. The standard InChI is InChI=1S/C13H15N3O6.H3N/c17-13(18)10-7-9(15(19)20)8-11(16(21)22)12(10)14-5-3-1-2-4-6-14;/h7-8H,1-6H2,(H,17,18);1H3. The van der Waals surface area contributed by atoms with Crippen LogP contribution in [0.1, 0.15) is 36.0 Å². The molecule has 0 amide bonds. The maximum atomic E-state index is 11.3. The van der Waals surface area contributed by atoms with Gasteiger partial charge in [-0.2, -0.15) is 0 Å². The van der Waals surface area contributed by atoms with Gasteiger partial charge in [-0.15, -0.1) is 0 Å². The van der Waals surface area contributed by atoms with Crippen LogP contribution in [0, 0.1) is 20.2 Å². The Bertz CT molecular complexity index is 590. The average molecular weight is 326 g/mol. The third-order valence-corrected chi connectivity index (χ3v) is 3.62. The Labute approximate surface area is 131 Å². The first-order valence-corrected chi connectivity index (χ1v) is 6.85. The van der Waals surface area contributed by atoms with Crippen LogP contribution < -0.4 is 16.2 Å². The van der Waals surface area contributed by atoms with Crippen molar-refractivity contribution < 1.29 is 19.7 Å². The van der Waals surface area contributed by atoms with E-state index in [4.69, 9.17) is 0 Å². The predicted molar refractivity (Wildman–Crippen MR) is 80.7 cm³/mol. The van der Waals surface area contributed by atoms with Crippen LogP contribution in [0.2, 0.25) is 0 Å². The highest BCUT2D eigenvalue weighted by atomic mass is 16.6. The lowest BCUT2D eigenvalue weighted by Crippen LogP contribution is -2.30. The lowest BCUT2D eigenvalue weighted by atomic mass is 10.1. The molecule has 1 aliphatic rings. The van der Waals surface area contributed by atoms with Gasteiger partial charge in [-0.05, 0) is 12.8 Å². The van der Waals surface area contributed by atoms with Crippen molar-refractivity contribution in [2.45, 2.75) is 25.7 Å². The summed E-state index contributed by atoms with van der Waals surface area (Å²) < 4.78 is 0. The zero-order valence-electron chi connectivity index (χ0n) is 12.7. The molecular formula is C13H18N4O6. The smallest absolute Gasteiger partial charge is 0.300 e. The first kappa shape index (κ1) is 18.3. The molecule has 10 heteroatoms. The van der Waals surface area contributed by atoms with Crippen molar-refractivity contribution in [1.29, 1.82) is 0 Å². The molecule has 0 saturated carbocycles. The molecule has 4 N–H and O–H groups in total. The molecule has 0 bridgehead atoms. The van der Waals surface area contributed by atoms with Gasteiger partial charge in [0, 0.05) is 24.7 Å². The van der Waals surface area contributed by atoms with Crippen LogP contribution in [-0.2, 0) is 0 Å². The predicted octanol–water partition coefficient (Wildman–Crippen LogP) is 1.62. The Kier molecular flexibility index (Phi) is 5.96. The molecule has 1 saturated heterocycles. The molecule has 23 heavy (non-hydrogen) atoms. The average Bonchev–Trinajstić information content (AvgIpc) is 2.74. The molecule has 0 atom stereocenters. The molecule has 126 valence electrons. The molecule has 0 aliphatic carbocycles. The summed E-state index contributed by atoms with van der Waals surface area (Å²) in [5.74, 6) is -1.66. The minimum atomic E-state index is -1.66. The molecule has 1 heterocycles. The number of hydrogen-bond acceptors (Lipinski definition) is 7. The maximum Gasteiger partial charge on any atom is 0.300 e. The Morgan fingerprint density at radius 2 is 1.57 bits per heavy atom. The van der Waals surface area contributed by atoms with Gasteiger partial charge in [-0.3, -0.25) is 20.2 Å². The van der Waals surface area contributed by atoms with E-state index in [-0.39, 0.29) is 11.8 Å². The SMILES string of the molecule is O=C([O-])c1cc([N+](=O)[O-])cc([N+](=O)[O-])c1N1CCCCCC1.[NH4+]. The van der Waals surface area contributed by atoms with Crippen LogP contribution >= 0.6 is 0 Å². The monoisotopic (exact) mass is 326 g/mol. The second kappa shape index (κ2) is 7.49. The third kappa shape index (κ3) is 3.92. The topological polar surface area (TPSA) is 166 Å². The van der Waals surface area contributed by atoms with E-state index in [1.54, 1.807) is 4.90 Å².